The van der Waals surface area contributed by atoms with E-state index in [1.165, 1.54) is 0 Å². The summed E-state index contributed by atoms with van der Waals surface area (Å²) in [6.07, 6.45) is 0. The van der Waals surface area contributed by atoms with E-state index in [1.807, 2.05) is 38.1 Å². The van der Waals surface area contributed by atoms with Gasteiger partial charge in [-0.2, -0.15) is 0 Å². The molecule has 4 heteroatoms. The molecular weight excluding hydrogens is 254 g/mol. The average molecular weight is 264 g/mol. The van der Waals surface area contributed by atoms with Gasteiger partial charge in [0.05, 0.1) is 0 Å². The second-order valence-electron chi connectivity index (χ2n) is 3.32. The molecule has 0 fully saturated rings. The Labute approximate surface area is 96.7 Å². The van der Waals surface area contributed by atoms with Gasteiger partial charge in [0.25, 0.3) is 0 Å². The summed E-state index contributed by atoms with van der Waals surface area (Å²) in [6.45, 7) is 3.91. The van der Waals surface area contributed by atoms with Crippen LogP contribution in [-0.4, -0.2) is 15.0 Å². The summed E-state index contributed by atoms with van der Waals surface area (Å²) in [5.41, 5.74) is 2.70. The van der Waals surface area contributed by atoms with Crippen LogP contribution in [0.5, 0.6) is 0 Å². The van der Waals surface area contributed by atoms with Crippen molar-refractivity contribution in [1.29, 1.82) is 0 Å². The second-order valence-corrected chi connectivity index (χ2v) is 4.13. The van der Waals surface area contributed by atoms with Crippen LogP contribution in [0.2, 0.25) is 0 Å². The minimum Gasteiger partial charge on any atom is -0.238 e. The topological polar surface area (TPSA) is 38.7 Å². The Morgan fingerprint density at radius 3 is 2.27 bits per heavy atom. The largest absolute Gasteiger partial charge is 0.238 e. The third-order valence-corrected chi connectivity index (χ3v) is 2.37. The molecular formula is C11H10BrN3. The van der Waals surface area contributed by atoms with E-state index in [0.717, 1.165) is 21.7 Å². The molecule has 0 unspecified atom stereocenters. The van der Waals surface area contributed by atoms with Crippen LogP contribution >= 0.6 is 15.9 Å². The SMILES string of the molecule is Cc1cc(C)nc(-c2cccc(Br)n2)n1. The van der Waals surface area contributed by atoms with Gasteiger partial charge in [0.2, 0.25) is 0 Å². The highest BCUT2D eigenvalue weighted by molar-refractivity contribution is 9.10. The standard InChI is InChI=1S/C11H10BrN3/c1-7-6-8(2)14-11(13-7)9-4-3-5-10(12)15-9/h3-6H,1-2H3. The number of hydrogen-bond donors (Lipinski definition) is 0. The summed E-state index contributed by atoms with van der Waals surface area (Å²) < 4.78 is 0.794. The molecule has 0 bridgehead atoms. The molecule has 0 aliphatic heterocycles. The molecule has 76 valence electrons. The number of nitrogens with zero attached hydrogens (tertiary/aromatic N) is 3. The molecule has 0 aliphatic rings. The first-order valence-electron chi connectivity index (χ1n) is 4.60. The maximum absolute atomic E-state index is 4.35. The lowest BCUT2D eigenvalue weighted by Gasteiger charge is -2.02. The van der Waals surface area contributed by atoms with Crippen LogP contribution in [0.3, 0.4) is 0 Å². The van der Waals surface area contributed by atoms with Gasteiger partial charge in [-0.3, -0.25) is 0 Å². The number of halogens is 1. The molecule has 0 saturated carbocycles. The van der Waals surface area contributed by atoms with E-state index in [1.54, 1.807) is 0 Å². The van der Waals surface area contributed by atoms with Gasteiger partial charge in [-0.25, -0.2) is 15.0 Å². The Kier molecular flexibility index (Phi) is 2.77. The Balaban J connectivity index is 2.54. The molecule has 0 N–H and O–H groups in total. The number of aryl methyl sites for hydroxylation is 2. The summed E-state index contributed by atoms with van der Waals surface area (Å²) in [5, 5.41) is 0. The van der Waals surface area contributed by atoms with Gasteiger partial charge in [-0.05, 0) is 48.0 Å². The van der Waals surface area contributed by atoms with Crippen LogP contribution in [-0.2, 0) is 0 Å². The molecule has 2 aromatic heterocycles. The summed E-state index contributed by atoms with van der Waals surface area (Å²) >= 11 is 3.33. The van der Waals surface area contributed by atoms with Gasteiger partial charge in [-0.15, -0.1) is 0 Å². The zero-order valence-electron chi connectivity index (χ0n) is 8.53. The number of pyridine rings is 1. The number of rotatable bonds is 1. The summed E-state index contributed by atoms with van der Waals surface area (Å²) in [6, 6.07) is 7.65. The molecule has 0 aliphatic carbocycles. The maximum atomic E-state index is 4.35. The Bertz CT molecular complexity index is 477. The fraction of sp³-hybridized carbons (Fsp3) is 0.182. The van der Waals surface area contributed by atoms with Crippen molar-refractivity contribution in [2.75, 3.05) is 0 Å². The highest BCUT2D eigenvalue weighted by atomic mass is 79.9. The number of aromatic nitrogens is 3. The van der Waals surface area contributed by atoms with Crippen molar-refractivity contribution in [1.82, 2.24) is 15.0 Å². The van der Waals surface area contributed by atoms with E-state index >= 15 is 0 Å². The minimum absolute atomic E-state index is 0.675. The van der Waals surface area contributed by atoms with E-state index in [-0.39, 0.29) is 0 Å². The van der Waals surface area contributed by atoms with Gasteiger partial charge < -0.3 is 0 Å². The lowest BCUT2D eigenvalue weighted by Crippen LogP contribution is -1.96. The molecule has 0 radical (unpaired) electrons. The summed E-state index contributed by atoms with van der Waals surface area (Å²) in [4.78, 5) is 13.0. The molecule has 0 aromatic carbocycles. The fourth-order valence-electron chi connectivity index (χ4n) is 1.37. The minimum atomic E-state index is 0.675. The van der Waals surface area contributed by atoms with Crippen molar-refractivity contribution in [3.8, 4) is 11.5 Å². The molecule has 3 nitrogen and oxygen atoms in total. The molecule has 2 aromatic rings. The van der Waals surface area contributed by atoms with Gasteiger partial charge in [0.1, 0.15) is 10.3 Å². The normalized spacial score (nSPS) is 10.3. The highest BCUT2D eigenvalue weighted by Gasteiger charge is 2.04. The second kappa shape index (κ2) is 4.06. The van der Waals surface area contributed by atoms with Crippen molar-refractivity contribution in [3.05, 3.63) is 40.3 Å². The van der Waals surface area contributed by atoms with E-state index in [4.69, 9.17) is 0 Å². The van der Waals surface area contributed by atoms with Crippen LogP contribution in [0.1, 0.15) is 11.4 Å². The zero-order chi connectivity index (χ0) is 10.8. The molecule has 0 atom stereocenters. The third-order valence-electron chi connectivity index (χ3n) is 1.93. The Morgan fingerprint density at radius 1 is 1.00 bits per heavy atom. The van der Waals surface area contributed by atoms with Crippen molar-refractivity contribution >= 4 is 15.9 Å². The Hall–Kier alpha value is -1.29. The molecule has 15 heavy (non-hydrogen) atoms. The quantitative estimate of drug-likeness (QED) is 0.743. The average Bonchev–Trinajstić information content (AvgIpc) is 2.16. The van der Waals surface area contributed by atoms with Gasteiger partial charge in [-0.1, -0.05) is 6.07 Å². The lowest BCUT2D eigenvalue weighted by molar-refractivity contribution is 1.04. The summed E-state index contributed by atoms with van der Waals surface area (Å²) in [7, 11) is 0. The number of hydrogen-bond acceptors (Lipinski definition) is 3. The van der Waals surface area contributed by atoms with E-state index < -0.39 is 0 Å². The first-order valence-corrected chi connectivity index (χ1v) is 5.39. The predicted octanol–water partition coefficient (Wildman–Crippen LogP) is 2.92. The van der Waals surface area contributed by atoms with Crippen LogP contribution in [0.15, 0.2) is 28.9 Å². The first kappa shape index (κ1) is 10.2. The van der Waals surface area contributed by atoms with Gasteiger partial charge in [0.15, 0.2) is 5.82 Å². The van der Waals surface area contributed by atoms with Crippen molar-refractivity contribution < 1.29 is 0 Å². The third kappa shape index (κ3) is 2.39. The molecule has 2 heterocycles. The lowest BCUT2D eigenvalue weighted by atomic mass is 10.3. The Morgan fingerprint density at radius 2 is 1.67 bits per heavy atom. The fourth-order valence-corrected chi connectivity index (χ4v) is 1.72. The predicted molar refractivity (Wildman–Crippen MR) is 62.4 cm³/mol. The van der Waals surface area contributed by atoms with Crippen molar-refractivity contribution in [2.24, 2.45) is 0 Å². The first-order chi connectivity index (χ1) is 7.15. The molecule has 0 saturated heterocycles. The van der Waals surface area contributed by atoms with Crippen LogP contribution in [0, 0.1) is 13.8 Å². The van der Waals surface area contributed by atoms with Gasteiger partial charge in [0, 0.05) is 11.4 Å². The zero-order valence-corrected chi connectivity index (χ0v) is 10.1. The highest BCUT2D eigenvalue weighted by Crippen LogP contribution is 2.15. The monoisotopic (exact) mass is 263 g/mol. The smallest absolute Gasteiger partial charge is 0.178 e. The van der Waals surface area contributed by atoms with E-state index in [9.17, 15) is 0 Å². The van der Waals surface area contributed by atoms with Crippen LogP contribution < -0.4 is 0 Å². The van der Waals surface area contributed by atoms with Gasteiger partial charge >= 0.3 is 0 Å². The molecule has 0 amide bonds. The summed E-state index contributed by atoms with van der Waals surface area (Å²) in [5.74, 6) is 0.675. The van der Waals surface area contributed by atoms with Crippen molar-refractivity contribution in [3.63, 3.8) is 0 Å². The molecule has 2 rings (SSSR count). The van der Waals surface area contributed by atoms with Crippen LogP contribution in [0.25, 0.3) is 11.5 Å². The van der Waals surface area contributed by atoms with Crippen molar-refractivity contribution in [2.45, 2.75) is 13.8 Å². The maximum Gasteiger partial charge on any atom is 0.178 e. The van der Waals surface area contributed by atoms with Crippen LogP contribution in [0.4, 0.5) is 0 Å². The van der Waals surface area contributed by atoms with E-state index in [0.29, 0.717) is 5.82 Å². The molecule has 0 spiro atoms. The van der Waals surface area contributed by atoms with E-state index in [2.05, 4.69) is 30.9 Å².